The summed E-state index contributed by atoms with van der Waals surface area (Å²) in [5, 5.41) is 47.7. The highest BCUT2D eigenvalue weighted by Gasteiger charge is 2.53. The number of ether oxygens (including phenoxy) is 7. The van der Waals surface area contributed by atoms with Crippen LogP contribution in [0.25, 0.3) is 0 Å². The maximum Gasteiger partial charge on any atom is 0.422 e. The largest absolute Gasteiger partial charge is 0.459 e. The van der Waals surface area contributed by atoms with Crippen molar-refractivity contribution in [1.82, 2.24) is 20.7 Å². The van der Waals surface area contributed by atoms with Crippen LogP contribution in [0.5, 0.6) is 0 Å². The maximum absolute atomic E-state index is 14.4. The number of carbonyl (C=O) groups excluding carboxylic acids is 2. The quantitative estimate of drug-likeness (QED) is 0.138. The standard InChI is InChI=1S/C42H80N4O13/c1-17-30-42(12,52)34(48)27(8)46(15)21-23(4)19-40(10,51)35(58-38-32(47)29(45(13)14)18-24(5)54-38)25(6)33(26(7)37(49)56-30)57-31-20-41(11,53-16)36(28(9)55-31)59-39(50)44-43-22(2)3/h22-36,38,43,47-48,51-52H,17-21H2,1-16H3,(H,44,50)/t23-,24-,25+,26-,27-,28+,29+,30-,31+,32-,33+,34-,35-,36+,38+,40-,41-,42-/m1/s1. The third kappa shape index (κ3) is 12.7. The van der Waals surface area contributed by atoms with E-state index in [0.29, 0.717) is 13.0 Å². The van der Waals surface area contributed by atoms with E-state index in [1.807, 2.05) is 65.6 Å². The average Bonchev–Trinajstić information content (AvgIpc) is 3.14. The molecule has 59 heavy (non-hydrogen) atoms. The number of carbonyl (C=O) groups is 2. The second-order valence-corrected chi connectivity index (χ2v) is 19.0. The van der Waals surface area contributed by atoms with Gasteiger partial charge in [0.1, 0.15) is 29.5 Å². The van der Waals surface area contributed by atoms with E-state index in [9.17, 15) is 30.0 Å². The summed E-state index contributed by atoms with van der Waals surface area (Å²) in [5.41, 5.74) is 0.811. The first kappa shape index (κ1) is 51.6. The van der Waals surface area contributed by atoms with E-state index in [-0.39, 0.29) is 43.4 Å². The number of rotatable bonds is 10. The van der Waals surface area contributed by atoms with Gasteiger partial charge in [-0.2, -0.15) is 0 Å². The highest BCUT2D eigenvalue weighted by atomic mass is 16.7. The number of aliphatic hydroxyl groups excluding tert-OH is 2. The molecule has 0 aromatic rings. The predicted molar refractivity (Wildman–Crippen MR) is 220 cm³/mol. The van der Waals surface area contributed by atoms with E-state index in [4.69, 9.17) is 33.2 Å². The molecule has 0 radical (unpaired) electrons. The molecular formula is C42H80N4O13. The van der Waals surface area contributed by atoms with Crippen LogP contribution < -0.4 is 10.9 Å². The minimum atomic E-state index is -1.83. The fourth-order valence-corrected chi connectivity index (χ4v) is 9.29. The molecule has 3 aliphatic heterocycles. The number of esters is 1. The molecule has 0 aromatic carbocycles. The molecule has 0 unspecified atom stereocenters. The fourth-order valence-electron chi connectivity index (χ4n) is 9.29. The SMILES string of the molecule is CC[C@H]1OC(=O)[C@H](C)[C@@H](O[C@H]2C[C@@](C)(OC)[C@@H](OC(=O)NNC(C)C)[C@H](C)O2)[C@H](C)[C@@H](O[C@@H]2O[C@H](C)C[C@H](N(C)C)[C@H]2O)[C@](C)(O)C[C@@H](C)CN(C)[C@H](C)[C@@H](O)[C@]1(C)O. The molecule has 3 saturated heterocycles. The third-order valence-corrected chi connectivity index (χ3v) is 12.9. The molecule has 346 valence electrons. The van der Waals surface area contributed by atoms with Crippen LogP contribution in [-0.4, -0.2) is 173 Å². The number of aliphatic hydroxyl groups is 4. The van der Waals surface area contributed by atoms with Crippen LogP contribution in [-0.2, 0) is 38.0 Å². The highest BCUT2D eigenvalue weighted by Crippen LogP contribution is 2.41. The number of likely N-dealkylation sites (N-methyl/N-ethyl adjacent to an activating group) is 2. The Bertz CT molecular complexity index is 1340. The lowest BCUT2D eigenvalue weighted by atomic mass is 9.77. The van der Waals surface area contributed by atoms with E-state index in [2.05, 4.69) is 10.9 Å². The van der Waals surface area contributed by atoms with Crippen LogP contribution in [0.3, 0.4) is 0 Å². The lowest BCUT2D eigenvalue weighted by Gasteiger charge is -2.49. The number of cyclic esters (lactones) is 1. The van der Waals surface area contributed by atoms with Gasteiger partial charge in [-0.3, -0.25) is 10.2 Å². The minimum Gasteiger partial charge on any atom is -0.459 e. The summed E-state index contributed by atoms with van der Waals surface area (Å²) in [6.07, 6.45) is -9.35. The smallest absolute Gasteiger partial charge is 0.422 e. The van der Waals surface area contributed by atoms with Gasteiger partial charge in [-0.15, -0.1) is 0 Å². The zero-order valence-corrected chi connectivity index (χ0v) is 38.6. The van der Waals surface area contributed by atoms with E-state index in [0.717, 1.165) is 0 Å². The van der Waals surface area contributed by atoms with Crippen LogP contribution in [0.15, 0.2) is 0 Å². The monoisotopic (exact) mass is 849 g/mol. The van der Waals surface area contributed by atoms with Crippen LogP contribution in [0.1, 0.15) is 109 Å². The summed E-state index contributed by atoms with van der Waals surface area (Å²) in [6.45, 7) is 21.7. The van der Waals surface area contributed by atoms with Crippen molar-refractivity contribution in [2.45, 2.75) is 205 Å². The summed E-state index contributed by atoms with van der Waals surface area (Å²) in [4.78, 5) is 31.0. The molecule has 0 spiro atoms. The molecule has 17 heteroatoms. The van der Waals surface area contributed by atoms with Gasteiger partial charge in [-0.1, -0.05) is 20.8 Å². The zero-order valence-electron chi connectivity index (χ0n) is 38.6. The highest BCUT2D eigenvalue weighted by molar-refractivity contribution is 5.73. The molecule has 17 nitrogen and oxygen atoms in total. The van der Waals surface area contributed by atoms with Gasteiger partial charge in [-0.25, -0.2) is 10.2 Å². The topological polar surface area (TPSA) is 210 Å². The number of amides is 1. The Balaban J connectivity index is 2.15. The van der Waals surface area contributed by atoms with Gasteiger partial charge < -0.3 is 63.4 Å². The van der Waals surface area contributed by atoms with Gasteiger partial charge in [0.2, 0.25) is 0 Å². The Morgan fingerprint density at radius 1 is 1.00 bits per heavy atom. The van der Waals surface area contributed by atoms with Crippen molar-refractivity contribution in [3.63, 3.8) is 0 Å². The molecule has 3 heterocycles. The molecule has 3 fully saturated rings. The van der Waals surface area contributed by atoms with Crippen molar-refractivity contribution in [3.8, 4) is 0 Å². The first-order chi connectivity index (χ1) is 27.2. The Labute approximate surface area is 353 Å². The molecule has 18 atom stereocenters. The molecule has 0 aliphatic carbocycles. The van der Waals surface area contributed by atoms with Gasteiger partial charge in [0, 0.05) is 44.1 Å². The van der Waals surface area contributed by atoms with Gasteiger partial charge in [-0.05, 0) is 109 Å². The molecular weight excluding hydrogens is 768 g/mol. The van der Waals surface area contributed by atoms with Crippen molar-refractivity contribution < 1.29 is 63.2 Å². The molecule has 3 aliphatic rings. The Morgan fingerprint density at radius 3 is 2.19 bits per heavy atom. The second-order valence-electron chi connectivity index (χ2n) is 19.0. The van der Waals surface area contributed by atoms with Gasteiger partial charge in [0.25, 0.3) is 0 Å². The molecule has 6 N–H and O–H groups in total. The van der Waals surface area contributed by atoms with Crippen molar-refractivity contribution in [1.29, 1.82) is 0 Å². The van der Waals surface area contributed by atoms with Crippen LogP contribution in [0.2, 0.25) is 0 Å². The number of hydrogen-bond donors (Lipinski definition) is 6. The van der Waals surface area contributed by atoms with Crippen molar-refractivity contribution in [2.24, 2.45) is 17.8 Å². The summed E-state index contributed by atoms with van der Waals surface area (Å²) in [6, 6.07) is -0.894. The number of hydrogen-bond acceptors (Lipinski definition) is 16. The van der Waals surface area contributed by atoms with Crippen LogP contribution in [0.4, 0.5) is 4.79 Å². The lowest BCUT2D eigenvalue weighted by Crippen LogP contribution is -2.61. The summed E-state index contributed by atoms with van der Waals surface area (Å²) in [7, 11) is 7.10. The third-order valence-electron chi connectivity index (χ3n) is 12.9. The van der Waals surface area contributed by atoms with Gasteiger partial charge >= 0.3 is 12.1 Å². The molecule has 3 rings (SSSR count). The number of methoxy groups -OCH3 is 1. The van der Waals surface area contributed by atoms with E-state index >= 15 is 0 Å². The molecule has 0 aromatic heterocycles. The van der Waals surface area contributed by atoms with Crippen molar-refractivity contribution >= 4 is 12.1 Å². The predicted octanol–water partition coefficient (Wildman–Crippen LogP) is 2.55. The summed E-state index contributed by atoms with van der Waals surface area (Å²) >= 11 is 0. The summed E-state index contributed by atoms with van der Waals surface area (Å²) < 4.78 is 44.1. The van der Waals surface area contributed by atoms with E-state index in [1.165, 1.54) is 14.0 Å². The Kier molecular flexibility index (Phi) is 18.4. The van der Waals surface area contributed by atoms with Crippen molar-refractivity contribution in [2.75, 3.05) is 34.8 Å². The summed E-state index contributed by atoms with van der Waals surface area (Å²) in [5.74, 6) is -2.74. The minimum absolute atomic E-state index is 0.0368. The second kappa shape index (κ2) is 21.1. The maximum atomic E-state index is 14.4. The first-order valence-electron chi connectivity index (χ1n) is 21.5. The van der Waals surface area contributed by atoms with Gasteiger partial charge in [0.15, 0.2) is 18.7 Å². The zero-order chi connectivity index (χ0) is 44.9. The van der Waals surface area contributed by atoms with Crippen LogP contribution in [0, 0.1) is 17.8 Å². The van der Waals surface area contributed by atoms with Crippen LogP contribution >= 0.6 is 0 Å². The number of nitrogens with one attached hydrogen (secondary N) is 2. The van der Waals surface area contributed by atoms with Crippen molar-refractivity contribution in [3.05, 3.63) is 0 Å². The molecule has 1 amide bonds. The first-order valence-corrected chi connectivity index (χ1v) is 21.5. The molecule has 0 saturated carbocycles. The number of hydrazine groups is 1. The Hall–Kier alpha value is -1.74. The normalized spacial score (nSPS) is 45.1. The van der Waals surface area contributed by atoms with E-state index in [1.54, 1.807) is 41.5 Å². The Morgan fingerprint density at radius 2 is 1.63 bits per heavy atom. The lowest BCUT2D eigenvalue weighted by molar-refractivity contribution is -0.317. The fraction of sp³-hybridized carbons (Fsp3) is 0.952. The molecule has 0 bridgehead atoms. The van der Waals surface area contributed by atoms with E-state index < -0.39 is 102 Å². The number of nitrogens with zero attached hydrogens (tertiary/aromatic N) is 2. The van der Waals surface area contributed by atoms with Gasteiger partial charge in [0.05, 0.1) is 35.9 Å². The average molecular weight is 849 g/mol.